The van der Waals surface area contributed by atoms with Crippen LogP contribution < -0.4 is 5.73 Å². The van der Waals surface area contributed by atoms with Crippen molar-refractivity contribution >= 4 is 15.7 Å². The number of carbonyl (C=O) groups is 1. The molecule has 2 aromatic rings. The van der Waals surface area contributed by atoms with Crippen LogP contribution in [0.25, 0.3) is 0 Å². The van der Waals surface area contributed by atoms with E-state index in [1.807, 2.05) is 30.3 Å². The molecule has 1 aliphatic rings. The van der Waals surface area contributed by atoms with Gasteiger partial charge in [-0.1, -0.05) is 37.3 Å². The Labute approximate surface area is 158 Å². The largest absolute Gasteiger partial charge is 0.340 e. The molecule has 3 rings (SSSR count). The van der Waals surface area contributed by atoms with Crippen LogP contribution in [0, 0.1) is 11.7 Å². The molecule has 1 unspecified atom stereocenters. The van der Waals surface area contributed by atoms with Crippen molar-refractivity contribution in [3.63, 3.8) is 0 Å². The normalized spacial score (nSPS) is 21.2. The number of halogens is 1. The van der Waals surface area contributed by atoms with Gasteiger partial charge in [0.25, 0.3) is 0 Å². The number of nitrogens with two attached hydrogens (primary N) is 1. The first-order valence-corrected chi connectivity index (χ1v) is 10.5. The summed E-state index contributed by atoms with van der Waals surface area (Å²) in [6.45, 7) is 2.48. The van der Waals surface area contributed by atoms with Gasteiger partial charge >= 0.3 is 0 Å². The van der Waals surface area contributed by atoms with Gasteiger partial charge in [-0.3, -0.25) is 4.79 Å². The summed E-state index contributed by atoms with van der Waals surface area (Å²) < 4.78 is 38.0. The molecular formula is C20H23FN2O3S. The third-order valence-electron chi connectivity index (χ3n) is 4.97. The van der Waals surface area contributed by atoms with Crippen molar-refractivity contribution in [3.8, 4) is 0 Å². The summed E-state index contributed by atoms with van der Waals surface area (Å²) in [5.74, 6) is -1.72. The first kappa shape index (κ1) is 19.5. The number of amides is 1. The van der Waals surface area contributed by atoms with Crippen LogP contribution >= 0.6 is 0 Å². The first-order chi connectivity index (χ1) is 12.8. The molecule has 1 amide bonds. The van der Waals surface area contributed by atoms with Crippen LogP contribution in [0.15, 0.2) is 59.5 Å². The molecule has 0 spiro atoms. The highest BCUT2D eigenvalue weighted by Crippen LogP contribution is 2.28. The van der Waals surface area contributed by atoms with E-state index < -0.39 is 21.6 Å². The lowest BCUT2D eigenvalue weighted by atomic mass is 9.95. The average Bonchev–Trinajstić information content (AvgIpc) is 3.03. The quantitative estimate of drug-likeness (QED) is 0.794. The highest BCUT2D eigenvalue weighted by Gasteiger charge is 2.36. The Hall–Kier alpha value is -2.25. The van der Waals surface area contributed by atoms with Gasteiger partial charge in [-0.15, -0.1) is 0 Å². The Bertz CT molecular complexity index is 901. The lowest BCUT2D eigenvalue weighted by molar-refractivity contribution is -0.133. The van der Waals surface area contributed by atoms with Crippen molar-refractivity contribution in [1.82, 2.24) is 4.90 Å². The van der Waals surface area contributed by atoms with E-state index in [4.69, 9.17) is 5.73 Å². The minimum Gasteiger partial charge on any atom is -0.340 e. The molecule has 2 aromatic carbocycles. The maximum absolute atomic E-state index is 13.0. The summed E-state index contributed by atoms with van der Waals surface area (Å²) in [5.41, 5.74) is 7.30. The fourth-order valence-electron chi connectivity index (χ4n) is 3.51. The molecule has 0 radical (unpaired) electrons. The van der Waals surface area contributed by atoms with Crippen LogP contribution in [-0.2, 0) is 14.6 Å². The van der Waals surface area contributed by atoms with E-state index in [2.05, 4.69) is 0 Å². The number of sulfone groups is 1. The second-order valence-corrected chi connectivity index (χ2v) is 9.09. The second kappa shape index (κ2) is 7.78. The van der Waals surface area contributed by atoms with Gasteiger partial charge < -0.3 is 10.6 Å². The van der Waals surface area contributed by atoms with Crippen molar-refractivity contribution < 1.29 is 17.6 Å². The van der Waals surface area contributed by atoms with Crippen molar-refractivity contribution in [2.75, 3.05) is 18.8 Å². The zero-order valence-electron chi connectivity index (χ0n) is 15.1. The van der Waals surface area contributed by atoms with E-state index >= 15 is 0 Å². The Balaban J connectivity index is 1.68. The van der Waals surface area contributed by atoms with Crippen LogP contribution in [-0.4, -0.2) is 44.1 Å². The molecule has 0 bridgehead atoms. The molecule has 3 atom stereocenters. The van der Waals surface area contributed by atoms with E-state index in [1.165, 1.54) is 12.1 Å². The second-order valence-electron chi connectivity index (χ2n) is 7.06. The summed E-state index contributed by atoms with van der Waals surface area (Å²) in [6.07, 6.45) is 0. The van der Waals surface area contributed by atoms with Crippen molar-refractivity contribution in [2.24, 2.45) is 11.7 Å². The van der Waals surface area contributed by atoms with E-state index in [9.17, 15) is 17.6 Å². The van der Waals surface area contributed by atoms with Crippen LogP contribution in [0.1, 0.15) is 18.4 Å². The lowest BCUT2D eigenvalue weighted by Crippen LogP contribution is -2.37. The van der Waals surface area contributed by atoms with E-state index in [1.54, 1.807) is 11.8 Å². The number of hydrogen-bond acceptors (Lipinski definition) is 4. The van der Waals surface area contributed by atoms with Crippen LogP contribution in [0.4, 0.5) is 4.39 Å². The minimum absolute atomic E-state index is 0.0174. The number of nitrogens with zero attached hydrogens (tertiary/aromatic N) is 1. The molecule has 5 nitrogen and oxygen atoms in total. The first-order valence-electron chi connectivity index (χ1n) is 8.85. The van der Waals surface area contributed by atoms with Gasteiger partial charge in [-0.25, -0.2) is 12.8 Å². The molecule has 0 aromatic heterocycles. The topological polar surface area (TPSA) is 80.5 Å². The fourth-order valence-corrected chi connectivity index (χ4v) is 5.06. The molecule has 0 saturated carbocycles. The summed E-state index contributed by atoms with van der Waals surface area (Å²) in [4.78, 5) is 14.4. The van der Waals surface area contributed by atoms with Gasteiger partial charge in [0.05, 0.1) is 10.6 Å². The van der Waals surface area contributed by atoms with Crippen LogP contribution in [0.3, 0.4) is 0 Å². The zero-order chi connectivity index (χ0) is 19.6. The molecule has 144 valence electrons. The predicted octanol–water partition coefficient (Wildman–Crippen LogP) is 2.19. The van der Waals surface area contributed by atoms with Crippen molar-refractivity contribution in [2.45, 2.75) is 23.8 Å². The van der Waals surface area contributed by atoms with Crippen molar-refractivity contribution in [1.29, 1.82) is 0 Å². The fraction of sp³-hybridized carbons (Fsp3) is 0.350. The summed E-state index contributed by atoms with van der Waals surface area (Å²) in [6, 6.07) is 14.2. The van der Waals surface area contributed by atoms with Gasteiger partial charge in [0.15, 0.2) is 9.84 Å². The summed E-state index contributed by atoms with van der Waals surface area (Å²) >= 11 is 0. The Morgan fingerprint density at radius 2 is 1.78 bits per heavy atom. The average molecular weight is 390 g/mol. The van der Waals surface area contributed by atoms with Gasteiger partial charge in [-0.05, 0) is 29.8 Å². The van der Waals surface area contributed by atoms with E-state index in [0.717, 1.165) is 17.7 Å². The number of rotatable bonds is 5. The number of likely N-dealkylation sites (tertiary alicyclic amines) is 1. The monoisotopic (exact) mass is 390 g/mol. The number of hydrogen-bond donors (Lipinski definition) is 1. The van der Waals surface area contributed by atoms with Crippen molar-refractivity contribution in [3.05, 3.63) is 66.0 Å². The molecule has 1 saturated heterocycles. The molecule has 1 fully saturated rings. The standard InChI is InChI=1S/C20H23FN2O3S/c1-14(13-27(25,26)17-9-7-16(21)8-10-17)20(24)23-11-18(19(22)12-23)15-5-3-2-4-6-15/h2-10,14,18-19H,11-13,22H2,1H3/t14?,18-,19+/m0/s1. The maximum Gasteiger partial charge on any atom is 0.226 e. The molecule has 0 aliphatic carbocycles. The third kappa shape index (κ3) is 4.36. The Morgan fingerprint density at radius 3 is 2.41 bits per heavy atom. The third-order valence-corrected chi connectivity index (χ3v) is 6.90. The van der Waals surface area contributed by atoms with Gasteiger partial charge in [0.2, 0.25) is 5.91 Å². The zero-order valence-corrected chi connectivity index (χ0v) is 15.9. The van der Waals surface area contributed by atoms with E-state index in [0.29, 0.717) is 13.1 Å². The molecule has 2 N–H and O–H groups in total. The molecular weight excluding hydrogens is 367 g/mol. The smallest absolute Gasteiger partial charge is 0.226 e. The highest BCUT2D eigenvalue weighted by molar-refractivity contribution is 7.91. The van der Waals surface area contributed by atoms with E-state index in [-0.39, 0.29) is 28.5 Å². The lowest BCUT2D eigenvalue weighted by Gasteiger charge is -2.21. The molecule has 1 heterocycles. The molecule has 7 heteroatoms. The SMILES string of the molecule is CC(CS(=O)(=O)c1ccc(F)cc1)C(=O)N1C[C@@H](N)[C@H](c2ccccc2)C1. The molecule has 1 aliphatic heterocycles. The summed E-state index contributed by atoms with van der Waals surface area (Å²) in [5, 5.41) is 0. The maximum atomic E-state index is 13.0. The van der Waals surface area contributed by atoms with Gasteiger partial charge in [-0.2, -0.15) is 0 Å². The van der Waals surface area contributed by atoms with Crippen LogP contribution in [0.2, 0.25) is 0 Å². The minimum atomic E-state index is -3.68. The van der Waals surface area contributed by atoms with Gasteiger partial charge in [0, 0.05) is 31.0 Å². The number of benzene rings is 2. The predicted molar refractivity (Wildman–Crippen MR) is 101 cm³/mol. The van der Waals surface area contributed by atoms with Gasteiger partial charge in [0.1, 0.15) is 5.82 Å². The Morgan fingerprint density at radius 1 is 1.15 bits per heavy atom. The molecule has 27 heavy (non-hydrogen) atoms. The van der Waals surface area contributed by atoms with Crippen LogP contribution in [0.5, 0.6) is 0 Å². The Kier molecular flexibility index (Phi) is 5.62. The highest BCUT2D eigenvalue weighted by atomic mass is 32.2. The number of carbonyl (C=O) groups excluding carboxylic acids is 1. The summed E-state index contributed by atoms with van der Waals surface area (Å²) in [7, 11) is -3.68.